The third kappa shape index (κ3) is 3.16. The number of halogens is 5. The van der Waals surface area contributed by atoms with Crippen molar-refractivity contribution >= 4 is 27.5 Å². The van der Waals surface area contributed by atoms with Crippen LogP contribution in [-0.2, 0) is 6.18 Å². The van der Waals surface area contributed by atoms with E-state index >= 15 is 0 Å². The average Bonchev–Trinajstić information content (AvgIpc) is 2.37. The molecule has 0 saturated carbocycles. The van der Waals surface area contributed by atoms with Crippen molar-refractivity contribution < 1.29 is 13.2 Å². The summed E-state index contributed by atoms with van der Waals surface area (Å²) in [5, 5.41) is 0.483. The van der Waals surface area contributed by atoms with Crippen molar-refractivity contribution in [1.29, 1.82) is 0 Å². The number of hydrogen-bond donors (Lipinski definition) is 1. The van der Waals surface area contributed by atoms with Crippen LogP contribution in [-0.4, -0.2) is 0 Å². The van der Waals surface area contributed by atoms with Crippen LogP contribution in [0.5, 0.6) is 0 Å². The molecule has 0 heterocycles. The second-order valence-electron chi connectivity index (χ2n) is 4.23. The average molecular weight is 365 g/mol. The van der Waals surface area contributed by atoms with E-state index in [4.69, 9.17) is 17.3 Å². The predicted molar refractivity (Wildman–Crippen MR) is 76.6 cm³/mol. The van der Waals surface area contributed by atoms with Crippen molar-refractivity contribution in [3.8, 4) is 0 Å². The van der Waals surface area contributed by atoms with Gasteiger partial charge in [0.2, 0.25) is 0 Å². The second kappa shape index (κ2) is 5.76. The molecule has 0 radical (unpaired) electrons. The van der Waals surface area contributed by atoms with Crippen LogP contribution in [0, 0.1) is 0 Å². The standard InChI is InChI=1S/C14H10BrClF3N/c15-12-7-8(16)5-6-10(12)13(20)9-3-1-2-4-11(9)14(17,18)19/h1-7,13H,20H2. The Morgan fingerprint density at radius 3 is 2.30 bits per heavy atom. The van der Waals surface area contributed by atoms with Gasteiger partial charge in [0.25, 0.3) is 0 Å². The van der Waals surface area contributed by atoms with Crippen molar-refractivity contribution in [2.45, 2.75) is 12.2 Å². The van der Waals surface area contributed by atoms with Crippen molar-refractivity contribution in [3.05, 3.63) is 68.7 Å². The summed E-state index contributed by atoms with van der Waals surface area (Å²) in [7, 11) is 0. The molecule has 6 heteroatoms. The van der Waals surface area contributed by atoms with Gasteiger partial charge in [0.05, 0.1) is 11.6 Å². The molecule has 20 heavy (non-hydrogen) atoms. The Balaban J connectivity index is 2.51. The maximum Gasteiger partial charge on any atom is 0.416 e. The molecule has 0 saturated heterocycles. The van der Waals surface area contributed by atoms with Gasteiger partial charge in [0, 0.05) is 9.50 Å². The van der Waals surface area contributed by atoms with E-state index in [1.807, 2.05) is 0 Å². The van der Waals surface area contributed by atoms with Crippen LogP contribution in [0.15, 0.2) is 46.9 Å². The molecule has 1 unspecified atom stereocenters. The summed E-state index contributed by atoms with van der Waals surface area (Å²) in [5.74, 6) is 0. The summed E-state index contributed by atoms with van der Waals surface area (Å²) < 4.78 is 39.6. The van der Waals surface area contributed by atoms with E-state index in [-0.39, 0.29) is 5.56 Å². The number of nitrogens with two attached hydrogens (primary N) is 1. The molecule has 2 rings (SSSR count). The fourth-order valence-corrected chi connectivity index (χ4v) is 2.88. The van der Waals surface area contributed by atoms with Gasteiger partial charge in [-0.05, 0) is 29.3 Å². The maximum absolute atomic E-state index is 13.0. The Morgan fingerprint density at radius 1 is 1.05 bits per heavy atom. The molecule has 0 amide bonds. The first-order chi connectivity index (χ1) is 9.30. The monoisotopic (exact) mass is 363 g/mol. The molecule has 1 atom stereocenters. The third-order valence-electron chi connectivity index (χ3n) is 2.90. The van der Waals surface area contributed by atoms with Gasteiger partial charge in [-0.25, -0.2) is 0 Å². The molecular formula is C14H10BrClF3N. The molecular weight excluding hydrogens is 355 g/mol. The Morgan fingerprint density at radius 2 is 1.70 bits per heavy atom. The van der Waals surface area contributed by atoms with Crippen molar-refractivity contribution in [2.75, 3.05) is 0 Å². The summed E-state index contributed by atoms with van der Waals surface area (Å²) in [6.45, 7) is 0. The molecule has 0 aliphatic rings. The number of hydrogen-bond acceptors (Lipinski definition) is 1. The molecule has 2 N–H and O–H groups in total. The van der Waals surface area contributed by atoms with Crippen LogP contribution >= 0.6 is 27.5 Å². The number of alkyl halides is 3. The van der Waals surface area contributed by atoms with E-state index in [1.54, 1.807) is 18.2 Å². The van der Waals surface area contributed by atoms with Gasteiger partial charge in [-0.2, -0.15) is 13.2 Å². The first-order valence-electron chi connectivity index (χ1n) is 5.67. The highest BCUT2D eigenvalue weighted by atomic mass is 79.9. The van der Waals surface area contributed by atoms with E-state index in [2.05, 4.69) is 15.9 Å². The van der Waals surface area contributed by atoms with E-state index in [0.29, 0.717) is 15.1 Å². The van der Waals surface area contributed by atoms with Crippen LogP contribution in [0.1, 0.15) is 22.7 Å². The van der Waals surface area contributed by atoms with Crippen molar-refractivity contribution in [2.24, 2.45) is 5.73 Å². The minimum Gasteiger partial charge on any atom is -0.320 e. The van der Waals surface area contributed by atoms with Gasteiger partial charge in [-0.3, -0.25) is 0 Å². The van der Waals surface area contributed by atoms with Crippen molar-refractivity contribution in [1.82, 2.24) is 0 Å². The summed E-state index contributed by atoms with van der Waals surface area (Å²) in [4.78, 5) is 0. The second-order valence-corrected chi connectivity index (χ2v) is 5.52. The topological polar surface area (TPSA) is 26.0 Å². The molecule has 106 valence electrons. The zero-order chi connectivity index (χ0) is 14.9. The van der Waals surface area contributed by atoms with E-state index in [9.17, 15) is 13.2 Å². The van der Waals surface area contributed by atoms with E-state index in [0.717, 1.165) is 6.07 Å². The van der Waals surface area contributed by atoms with Crippen LogP contribution < -0.4 is 5.73 Å². The Kier molecular flexibility index (Phi) is 4.42. The van der Waals surface area contributed by atoms with Gasteiger partial charge in [-0.15, -0.1) is 0 Å². The SMILES string of the molecule is NC(c1ccc(Cl)cc1Br)c1ccccc1C(F)(F)F. The summed E-state index contributed by atoms with van der Waals surface area (Å²) in [5.41, 5.74) is 5.84. The zero-order valence-electron chi connectivity index (χ0n) is 10.1. The molecule has 0 aromatic heterocycles. The van der Waals surface area contributed by atoms with E-state index < -0.39 is 17.8 Å². The van der Waals surface area contributed by atoms with Gasteiger partial charge in [-0.1, -0.05) is 51.8 Å². The highest BCUT2D eigenvalue weighted by molar-refractivity contribution is 9.10. The van der Waals surface area contributed by atoms with Crippen LogP contribution in [0.25, 0.3) is 0 Å². The van der Waals surface area contributed by atoms with Gasteiger partial charge in [0.15, 0.2) is 0 Å². The van der Waals surface area contributed by atoms with Crippen LogP contribution in [0.3, 0.4) is 0 Å². The number of benzene rings is 2. The Bertz CT molecular complexity index is 628. The predicted octanol–water partition coefficient (Wildman–Crippen LogP) is 5.17. The molecule has 0 bridgehead atoms. The largest absolute Gasteiger partial charge is 0.416 e. The summed E-state index contributed by atoms with van der Waals surface area (Å²) in [6, 6.07) is 9.21. The lowest BCUT2D eigenvalue weighted by molar-refractivity contribution is -0.138. The van der Waals surface area contributed by atoms with Crippen LogP contribution in [0.2, 0.25) is 5.02 Å². The fraction of sp³-hybridized carbons (Fsp3) is 0.143. The maximum atomic E-state index is 13.0. The normalized spacial score (nSPS) is 13.3. The smallest absolute Gasteiger partial charge is 0.320 e. The molecule has 0 spiro atoms. The highest BCUT2D eigenvalue weighted by Crippen LogP contribution is 2.37. The summed E-state index contributed by atoms with van der Waals surface area (Å²) >= 11 is 9.10. The van der Waals surface area contributed by atoms with Crippen LogP contribution in [0.4, 0.5) is 13.2 Å². The Hall–Kier alpha value is -1.04. The zero-order valence-corrected chi connectivity index (χ0v) is 12.4. The molecule has 2 aromatic rings. The summed E-state index contributed by atoms with van der Waals surface area (Å²) in [6.07, 6.45) is -4.44. The molecule has 0 fully saturated rings. The molecule has 0 aliphatic carbocycles. The molecule has 2 aromatic carbocycles. The quantitative estimate of drug-likeness (QED) is 0.782. The van der Waals surface area contributed by atoms with Gasteiger partial charge in [0.1, 0.15) is 0 Å². The highest BCUT2D eigenvalue weighted by Gasteiger charge is 2.34. The van der Waals surface area contributed by atoms with Gasteiger partial charge < -0.3 is 5.73 Å². The molecule has 1 nitrogen and oxygen atoms in total. The fourth-order valence-electron chi connectivity index (χ4n) is 1.95. The van der Waals surface area contributed by atoms with E-state index in [1.165, 1.54) is 18.2 Å². The lowest BCUT2D eigenvalue weighted by Crippen LogP contribution is -2.18. The first kappa shape index (κ1) is 15.4. The molecule has 0 aliphatic heterocycles. The Labute approximate surface area is 127 Å². The third-order valence-corrected chi connectivity index (χ3v) is 3.82. The van der Waals surface area contributed by atoms with Gasteiger partial charge >= 0.3 is 6.18 Å². The first-order valence-corrected chi connectivity index (χ1v) is 6.84. The minimum atomic E-state index is -4.44. The number of rotatable bonds is 2. The lowest BCUT2D eigenvalue weighted by Gasteiger charge is -2.19. The minimum absolute atomic E-state index is 0.0306. The lowest BCUT2D eigenvalue weighted by atomic mass is 9.95. The van der Waals surface area contributed by atoms with Crippen molar-refractivity contribution in [3.63, 3.8) is 0 Å².